The first-order valence-corrected chi connectivity index (χ1v) is 4.75. The van der Waals surface area contributed by atoms with Crippen LogP contribution in [0.2, 0.25) is 0 Å². The Labute approximate surface area is 68.1 Å². The molecule has 0 saturated heterocycles. The second-order valence-electron chi connectivity index (χ2n) is 3.78. The molecule has 0 heterocycles. The van der Waals surface area contributed by atoms with Crippen molar-refractivity contribution in [2.75, 3.05) is 0 Å². The highest BCUT2D eigenvalue weighted by Crippen LogP contribution is 2.36. The van der Waals surface area contributed by atoms with Crippen LogP contribution in [0, 0.1) is 5.92 Å². The molecule has 0 amide bonds. The maximum Gasteiger partial charge on any atom is 0.0608 e. The third kappa shape index (κ3) is 1.34. The Hall–Kier alpha value is -0.300. The third-order valence-electron chi connectivity index (χ3n) is 3.04. The van der Waals surface area contributed by atoms with Crippen molar-refractivity contribution in [1.82, 2.24) is 0 Å². The molecule has 0 aromatic rings. The van der Waals surface area contributed by atoms with E-state index in [2.05, 4.69) is 6.08 Å². The van der Waals surface area contributed by atoms with Gasteiger partial charge in [0.15, 0.2) is 0 Å². The molecule has 2 aliphatic rings. The van der Waals surface area contributed by atoms with Crippen LogP contribution >= 0.6 is 0 Å². The number of rotatable bonds is 0. The molecule has 0 spiro atoms. The Balaban J connectivity index is 2.13. The monoisotopic (exact) mass is 152 g/mol. The Morgan fingerprint density at radius 3 is 3.00 bits per heavy atom. The fourth-order valence-electron chi connectivity index (χ4n) is 2.40. The Bertz CT molecular complexity index is 172. The first-order valence-electron chi connectivity index (χ1n) is 4.75. The summed E-state index contributed by atoms with van der Waals surface area (Å²) in [6, 6.07) is 0. The van der Waals surface area contributed by atoms with Crippen LogP contribution in [0.4, 0.5) is 0 Å². The standard InChI is InChI=1S/C10H16O/c11-10-7-3-5-8-4-1-2-6-9(8)10/h5,9-11H,1-4,6-7H2/t9-,10+/m1/s1. The number of aliphatic hydroxyl groups is 1. The van der Waals surface area contributed by atoms with Gasteiger partial charge < -0.3 is 5.11 Å². The van der Waals surface area contributed by atoms with E-state index in [1.807, 2.05) is 0 Å². The molecule has 0 radical (unpaired) electrons. The van der Waals surface area contributed by atoms with E-state index < -0.39 is 0 Å². The maximum absolute atomic E-state index is 9.66. The SMILES string of the molecule is O[C@H]1CCC=C2CCCC[C@H]21. The minimum absolute atomic E-state index is 0.0182. The first kappa shape index (κ1) is 7.35. The number of allylic oxidation sites excluding steroid dienone is 1. The fraction of sp³-hybridized carbons (Fsp3) is 0.800. The predicted molar refractivity (Wildman–Crippen MR) is 45.3 cm³/mol. The van der Waals surface area contributed by atoms with Gasteiger partial charge in [-0.25, -0.2) is 0 Å². The lowest BCUT2D eigenvalue weighted by Crippen LogP contribution is -2.27. The molecule has 1 heteroatoms. The van der Waals surface area contributed by atoms with Gasteiger partial charge in [0.1, 0.15) is 0 Å². The van der Waals surface area contributed by atoms with E-state index >= 15 is 0 Å². The normalized spacial score (nSPS) is 37.7. The minimum Gasteiger partial charge on any atom is -0.392 e. The molecule has 11 heavy (non-hydrogen) atoms. The molecule has 0 aromatic carbocycles. The van der Waals surface area contributed by atoms with E-state index in [1.54, 1.807) is 5.57 Å². The van der Waals surface area contributed by atoms with Crippen molar-refractivity contribution in [3.8, 4) is 0 Å². The van der Waals surface area contributed by atoms with E-state index in [4.69, 9.17) is 0 Å². The number of hydrogen-bond donors (Lipinski definition) is 1. The highest BCUT2D eigenvalue weighted by Gasteiger charge is 2.27. The van der Waals surface area contributed by atoms with Crippen LogP contribution in [-0.4, -0.2) is 11.2 Å². The van der Waals surface area contributed by atoms with Crippen molar-refractivity contribution in [3.05, 3.63) is 11.6 Å². The van der Waals surface area contributed by atoms with Gasteiger partial charge in [-0.2, -0.15) is 0 Å². The Kier molecular flexibility index (Phi) is 1.99. The molecule has 2 rings (SSSR count). The van der Waals surface area contributed by atoms with Crippen molar-refractivity contribution in [2.45, 2.75) is 44.6 Å². The van der Waals surface area contributed by atoms with Gasteiger partial charge in [-0.1, -0.05) is 18.1 Å². The lowest BCUT2D eigenvalue weighted by Gasteiger charge is -2.32. The fourth-order valence-corrected chi connectivity index (χ4v) is 2.40. The van der Waals surface area contributed by atoms with Crippen LogP contribution in [0.5, 0.6) is 0 Å². The smallest absolute Gasteiger partial charge is 0.0608 e. The van der Waals surface area contributed by atoms with Crippen LogP contribution in [0.1, 0.15) is 38.5 Å². The van der Waals surface area contributed by atoms with Gasteiger partial charge >= 0.3 is 0 Å². The quantitative estimate of drug-likeness (QED) is 0.528. The summed E-state index contributed by atoms with van der Waals surface area (Å²) >= 11 is 0. The zero-order valence-corrected chi connectivity index (χ0v) is 6.92. The van der Waals surface area contributed by atoms with Crippen LogP contribution in [0.25, 0.3) is 0 Å². The zero-order valence-electron chi connectivity index (χ0n) is 6.92. The summed E-state index contributed by atoms with van der Waals surface area (Å²) in [6.45, 7) is 0. The Morgan fingerprint density at radius 1 is 1.27 bits per heavy atom. The summed E-state index contributed by atoms with van der Waals surface area (Å²) in [7, 11) is 0. The average molecular weight is 152 g/mol. The van der Waals surface area contributed by atoms with Crippen molar-refractivity contribution < 1.29 is 5.11 Å². The van der Waals surface area contributed by atoms with Gasteiger partial charge in [0.05, 0.1) is 6.10 Å². The average Bonchev–Trinajstić information content (AvgIpc) is 2.06. The van der Waals surface area contributed by atoms with Crippen molar-refractivity contribution in [1.29, 1.82) is 0 Å². The van der Waals surface area contributed by atoms with Gasteiger partial charge in [-0.3, -0.25) is 0 Å². The third-order valence-corrected chi connectivity index (χ3v) is 3.04. The van der Waals surface area contributed by atoms with Gasteiger partial charge in [0, 0.05) is 5.92 Å². The second kappa shape index (κ2) is 2.98. The summed E-state index contributed by atoms with van der Waals surface area (Å²) in [5.41, 5.74) is 1.55. The van der Waals surface area contributed by atoms with Crippen molar-refractivity contribution in [2.24, 2.45) is 5.92 Å². The summed E-state index contributed by atoms with van der Waals surface area (Å²) < 4.78 is 0. The topological polar surface area (TPSA) is 20.2 Å². The van der Waals surface area contributed by atoms with Crippen molar-refractivity contribution in [3.63, 3.8) is 0 Å². The van der Waals surface area contributed by atoms with Crippen LogP contribution in [0.3, 0.4) is 0 Å². The minimum atomic E-state index is -0.0182. The summed E-state index contributed by atoms with van der Waals surface area (Å²) in [5, 5.41) is 9.66. The van der Waals surface area contributed by atoms with E-state index in [1.165, 1.54) is 25.7 Å². The molecule has 0 bridgehead atoms. The lowest BCUT2D eigenvalue weighted by atomic mass is 9.76. The van der Waals surface area contributed by atoms with E-state index in [9.17, 15) is 5.11 Å². The molecule has 0 aromatic heterocycles. The first-order chi connectivity index (χ1) is 5.38. The largest absolute Gasteiger partial charge is 0.392 e. The molecule has 2 atom stereocenters. The predicted octanol–water partition coefficient (Wildman–Crippen LogP) is 2.26. The molecule has 1 saturated carbocycles. The number of fused-ring (bicyclic) bond motifs is 1. The number of aliphatic hydroxyl groups excluding tert-OH is 1. The Morgan fingerprint density at radius 2 is 2.18 bits per heavy atom. The lowest BCUT2D eigenvalue weighted by molar-refractivity contribution is 0.0962. The molecule has 2 aliphatic carbocycles. The molecular weight excluding hydrogens is 136 g/mol. The summed E-state index contributed by atoms with van der Waals surface area (Å²) in [5.74, 6) is 0.539. The molecule has 0 aliphatic heterocycles. The van der Waals surface area contributed by atoms with Gasteiger partial charge in [0.2, 0.25) is 0 Å². The molecule has 1 N–H and O–H groups in total. The zero-order chi connectivity index (χ0) is 7.68. The van der Waals surface area contributed by atoms with Gasteiger partial charge in [0.25, 0.3) is 0 Å². The molecule has 1 fully saturated rings. The summed E-state index contributed by atoms with van der Waals surface area (Å²) in [6.07, 6.45) is 9.58. The molecular formula is C10H16O. The van der Waals surface area contributed by atoms with Gasteiger partial charge in [-0.05, 0) is 32.1 Å². The van der Waals surface area contributed by atoms with Crippen LogP contribution in [-0.2, 0) is 0 Å². The van der Waals surface area contributed by atoms with E-state index in [0.29, 0.717) is 5.92 Å². The van der Waals surface area contributed by atoms with Gasteiger partial charge in [-0.15, -0.1) is 0 Å². The van der Waals surface area contributed by atoms with Crippen molar-refractivity contribution >= 4 is 0 Å². The molecule has 62 valence electrons. The van der Waals surface area contributed by atoms with Crippen LogP contribution in [0.15, 0.2) is 11.6 Å². The maximum atomic E-state index is 9.66. The molecule has 1 nitrogen and oxygen atoms in total. The van der Waals surface area contributed by atoms with Crippen LogP contribution < -0.4 is 0 Å². The highest BCUT2D eigenvalue weighted by atomic mass is 16.3. The second-order valence-corrected chi connectivity index (χ2v) is 3.78. The highest BCUT2D eigenvalue weighted by molar-refractivity contribution is 5.14. The van der Waals surface area contributed by atoms with E-state index in [-0.39, 0.29) is 6.10 Å². The van der Waals surface area contributed by atoms with E-state index in [0.717, 1.165) is 12.8 Å². The number of hydrogen-bond acceptors (Lipinski definition) is 1. The summed E-state index contributed by atoms with van der Waals surface area (Å²) in [4.78, 5) is 0. The molecule has 0 unspecified atom stereocenters.